The van der Waals surface area contributed by atoms with Crippen molar-refractivity contribution in [2.75, 3.05) is 0 Å². The molecule has 2 aromatic rings. The number of amides is 1. The van der Waals surface area contributed by atoms with Crippen molar-refractivity contribution < 1.29 is 9.32 Å². The highest BCUT2D eigenvalue weighted by Gasteiger charge is 2.23. The molecule has 0 bridgehead atoms. The van der Waals surface area contributed by atoms with Gasteiger partial charge in [-0.25, -0.2) is 0 Å². The van der Waals surface area contributed by atoms with Gasteiger partial charge in [-0.3, -0.25) is 4.79 Å². The lowest BCUT2D eigenvalue weighted by molar-refractivity contribution is -0.123. The Morgan fingerprint density at radius 3 is 3.00 bits per heavy atom. The SMILES string of the molecule is Cc1cc(CNC(=O)C2Cc3ccccc3CN2)no1. The van der Waals surface area contributed by atoms with Crippen LogP contribution in [0.5, 0.6) is 0 Å². The Kier molecular flexibility index (Phi) is 3.52. The van der Waals surface area contributed by atoms with Crippen molar-refractivity contribution in [1.29, 1.82) is 0 Å². The van der Waals surface area contributed by atoms with Gasteiger partial charge < -0.3 is 15.2 Å². The molecular formula is C15H17N3O2. The van der Waals surface area contributed by atoms with Crippen molar-refractivity contribution in [3.63, 3.8) is 0 Å². The first-order valence-electron chi connectivity index (χ1n) is 6.72. The molecule has 2 N–H and O–H groups in total. The van der Waals surface area contributed by atoms with Crippen LogP contribution in [0.15, 0.2) is 34.9 Å². The molecule has 1 aromatic heterocycles. The maximum absolute atomic E-state index is 12.2. The molecule has 1 unspecified atom stereocenters. The van der Waals surface area contributed by atoms with E-state index in [1.54, 1.807) is 0 Å². The monoisotopic (exact) mass is 271 g/mol. The van der Waals surface area contributed by atoms with Crippen LogP contribution in [0.25, 0.3) is 0 Å². The number of carbonyl (C=O) groups excluding carboxylic acids is 1. The fraction of sp³-hybridized carbons (Fsp3) is 0.333. The lowest BCUT2D eigenvalue weighted by Crippen LogP contribution is -2.47. The van der Waals surface area contributed by atoms with Crippen LogP contribution in [-0.4, -0.2) is 17.1 Å². The minimum absolute atomic E-state index is 0.000145. The van der Waals surface area contributed by atoms with Gasteiger partial charge in [0.1, 0.15) is 11.5 Å². The zero-order valence-corrected chi connectivity index (χ0v) is 11.3. The van der Waals surface area contributed by atoms with Crippen molar-refractivity contribution in [2.45, 2.75) is 32.5 Å². The van der Waals surface area contributed by atoms with E-state index in [2.05, 4.69) is 27.9 Å². The summed E-state index contributed by atoms with van der Waals surface area (Å²) in [5.74, 6) is 0.749. The number of aryl methyl sites for hydroxylation is 1. The highest BCUT2D eigenvalue weighted by Crippen LogP contribution is 2.16. The second-order valence-corrected chi connectivity index (χ2v) is 5.05. The molecule has 2 heterocycles. The molecule has 1 aromatic carbocycles. The van der Waals surface area contributed by atoms with Crippen LogP contribution < -0.4 is 10.6 Å². The predicted molar refractivity (Wildman–Crippen MR) is 73.9 cm³/mol. The Balaban J connectivity index is 1.59. The predicted octanol–water partition coefficient (Wildman–Crippen LogP) is 1.31. The minimum atomic E-state index is -0.183. The zero-order chi connectivity index (χ0) is 13.9. The van der Waals surface area contributed by atoms with Crippen LogP contribution in [0.3, 0.4) is 0 Å². The van der Waals surface area contributed by atoms with E-state index in [0.29, 0.717) is 6.54 Å². The third-order valence-corrected chi connectivity index (χ3v) is 3.52. The second kappa shape index (κ2) is 5.46. The summed E-state index contributed by atoms with van der Waals surface area (Å²) in [7, 11) is 0. The van der Waals surface area contributed by atoms with Crippen LogP contribution in [0.2, 0.25) is 0 Å². The van der Waals surface area contributed by atoms with Crippen molar-refractivity contribution in [3.05, 3.63) is 52.9 Å². The molecule has 1 amide bonds. The lowest BCUT2D eigenvalue weighted by atomic mass is 9.95. The van der Waals surface area contributed by atoms with E-state index >= 15 is 0 Å². The van der Waals surface area contributed by atoms with E-state index in [-0.39, 0.29) is 11.9 Å². The van der Waals surface area contributed by atoms with Gasteiger partial charge in [-0.15, -0.1) is 0 Å². The summed E-state index contributed by atoms with van der Waals surface area (Å²) < 4.78 is 4.97. The largest absolute Gasteiger partial charge is 0.361 e. The summed E-state index contributed by atoms with van der Waals surface area (Å²) >= 11 is 0. The first-order valence-corrected chi connectivity index (χ1v) is 6.72. The maximum Gasteiger partial charge on any atom is 0.237 e. The Morgan fingerprint density at radius 1 is 1.45 bits per heavy atom. The van der Waals surface area contributed by atoms with Crippen LogP contribution in [0.4, 0.5) is 0 Å². The van der Waals surface area contributed by atoms with E-state index < -0.39 is 0 Å². The maximum atomic E-state index is 12.2. The molecule has 0 radical (unpaired) electrons. The van der Waals surface area contributed by atoms with Crippen LogP contribution in [0, 0.1) is 6.92 Å². The van der Waals surface area contributed by atoms with Gasteiger partial charge in [0.15, 0.2) is 0 Å². The van der Waals surface area contributed by atoms with Gasteiger partial charge in [-0.2, -0.15) is 0 Å². The van der Waals surface area contributed by atoms with Gasteiger partial charge in [0.05, 0.1) is 12.6 Å². The summed E-state index contributed by atoms with van der Waals surface area (Å²) in [6.45, 7) is 2.96. The Hall–Kier alpha value is -2.14. The average Bonchev–Trinajstić information content (AvgIpc) is 2.90. The molecule has 0 saturated carbocycles. The normalized spacial score (nSPS) is 17.6. The fourth-order valence-electron chi connectivity index (χ4n) is 2.44. The van der Waals surface area contributed by atoms with E-state index in [1.807, 2.05) is 25.1 Å². The van der Waals surface area contributed by atoms with Crippen LogP contribution in [0.1, 0.15) is 22.6 Å². The molecule has 1 aliphatic heterocycles. The van der Waals surface area contributed by atoms with Gasteiger partial charge >= 0.3 is 0 Å². The molecule has 20 heavy (non-hydrogen) atoms. The smallest absolute Gasteiger partial charge is 0.237 e. The van der Waals surface area contributed by atoms with E-state index in [4.69, 9.17) is 4.52 Å². The summed E-state index contributed by atoms with van der Waals surface area (Å²) in [5, 5.41) is 10.0. The molecule has 0 spiro atoms. The van der Waals surface area contributed by atoms with Crippen molar-refractivity contribution in [3.8, 4) is 0 Å². The molecule has 3 rings (SSSR count). The number of aromatic nitrogens is 1. The molecule has 0 aliphatic carbocycles. The van der Waals surface area contributed by atoms with Gasteiger partial charge in [-0.1, -0.05) is 29.4 Å². The van der Waals surface area contributed by atoms with Crippen molar-refractivity contribution in [1.82, 2.24) is 15.8 Å². The molecule has 104 valence electrons. The van der Waals surface area contributed by atoms with Gasteiger partial charge in [0.2, 0.25) is 5.91 Å². The summed E-state index contributed by atoms with van der Waals surface area (Å²) in [6, 6.07) is 9.85. The summed E-state index contributed by atoms with van der Waals surface area (Å²) in [5.41, 5.74) is 3.25. The molecule has 5 heteroatoms. The quantitative estimate of drug-likeness (QED) is 0.883. The molecule has 1 aliphatic rings. The Labute approximate surface area is 117 Å². The first kappa shape index (κ1) is 12.9. The summed E-state index contributed by atoms with van der Waals surface area (Å²) in [6.07, 6.45) is 0.722. The topological polar surface area (TPSA) is 67.2 Å². The molecule has 0 fully saturated rings. The van der Waals surface area contributed by atoms with Gasteiger partial charge in [0.25, 0.3) is 0 Å². The number of hydrogen-bond donors (Lipinski definition) is 2. The second-order valence-electron chi connectivity index (χ2n) is 5.05. The molecule has 1 atom stereocenters. The number of hydrogen-bond acceptors (Lipinski definition) is 4. The molecule has 0 saturated heterocycles. The van der Waals surface area contributed by atoms with E-state index in [9.17, 15) is 4.79 Å². The van der Waals surface area contributed by atoms with Crippen molar-refractivity contribution >= 4 is 5.91 Å². The standard InChI is InChI=1S/C15H17N3O2/c1-10-6-13(18-20-10)9-17-15(19)14-7-11-4-2-3-5-12(11)8-16-14/h2-6,14,16H,7-9H2,1H3,(H,17,19). The zero-order valence-electron chi connectivity index (χ0n) is 11.3. The fourth-order valence-corrected chi connectivity index (χ4v) is 2.44. The molecular weight excluding hydrogens is 254 g/mol. The Morgan fingerprint density at radius 2 is 2.25 bits per heavy atom. The number of benzene rings is 1. The summed E-state index contributed by atoms with van der Waals surface area (Å²) in [4.78, 5) is 12.2. The molecule has 5 nitrogen and oxygen atoms in total. The van der Waals surface area contributed by atoms with Crippen LogP contribution in [-0.2, 0) is 24.3 Å². The number of nitrogens with zero attached hydrogens (tertiary/aromatic N) is 1. The lowest BCUT2D eigenvalue weighted by Gasteiger charge is -2.25. The number of carbonyl (C=O) groups is 1. The number of fused-ring (bicyclic) bond motifs is 1. The highest BCUT2D eigenvalue weighted by atomic mass is 16.5. The third-order valence-electron chi connectivity index (χ3n) is 3.52. The Bertz CT molecular complexity index is 621. The van der Waals surface area contributed by atoms with Crippen LogP contribution >= 0.6 is 0 Å². The average molecular weight is 271 g/mol. The van der Waals surface area contributed by atoms with Gasteiger partial charge in [-0.05, 0) is 24.5 Å². The number of nitrogens with one attached hydrogen (secondary N) is 2. The van der Waals surface area contributed by atoms with Gasteiger partial charge in [0, 0.05) is 12.6 Å². The van der Waals surface area contributed by atoms with E-state index in [1.165, 1.54) is 11.1 Å². The van der Waals surface area contributed by atoms with Crippen molar-refractivity contribution in [2.24, 2.45) is 0 Å². The highest BCUT2D eigenvalue weighted by molar-refractivity contribution is 5.82. The first-order chi connectivity index (χ1) is 9.72. The minimum Gasteiger partial charge on any atom is -0.361 e. The third kappa shape index (κ3) is 2.72. The number of rotatable bonds is 3. The van der Waals surface area contributed by atoms with E-state index in [0.717, 1.165) is 24.4 Å².